The summed E-state index contributed by atoms with van der Waals surface area (Å²) in [7, 11) is 0. The van der Waals surface area contributed by atoms with Gasteiger partial charge in [-0.25, -0.2) is 4.68 Å². The lowest BCUT2D eigenvalue weighted by Crippen LogP contribution is -2.03. The molecule has 0 fully saturated rings. The van der Waals surface area contributed by atoms with Crippen LogP contribution in [0.2, 0.25) is 0 Å². The van der Waals surface area contributed by atoms with Crippen LogP contribution in [0.25, 0.3) is 0 Å². The van der Waals surface area contributed by atoms with E-state index < -0.39 is 0 Å². The zero-order valence-corrected chi connectivity index (χ0v) is 7.04. The molecule has 0 aliphatic carbocycles. The number of aryl methyl sites for hydroxylation is 2. The van der Waals surface area contributed by atoms with Crippen LogP contribution in [0, 0.1) is 0 Å². The van der Waals surface area contributed by atoms with Crippen molar-refractivity contribution in [3.8, 4) is 0 Å². The maximum Gasteiger partial charge on any atom is 0.136 e. The first-order valence-electron chi connectivity index (χ1n) is 3.98. The van der Waals surface area contributed by atoms with E-state index >= 15 is 0 Å². The van der Waals surface area contributed by atoms with Gasteiger partial charge in [0.25, 0.3) is 0 Å². The molecule has 0 spiro atoms. The highest BCUT2D eigenvalue weighted by atomic mass is 16.3. The van der Waals surface area contributed by atoms with Crippen LogP contribution < -0.4 is 0 Å². The maximum absolute atomic E-state index is 8.86. The van der Waals surface area contributed by atoms with Crippen molar-refractivity contribution < 1.29 is 5.11 Å². The van der Waals surface area contributed by atoms with Crippen LogP contribution in [-0.4, -0.2) is 14.9 Å². The Morgan fingerprint density at radius 3 is 2.55 bits per heavy atom. The summed E-state index contributed by atoms with van der Waals surface area (Å²) in [5.74, 6) is 0. The molecule has 0 amide bonds. The zero-order valence-electron chi connectivity index (χ0n) is 7.04. The summed E-state index contributed by atoms with van der Waals surface area (Å²) < 4.78 is 1.64. The average Bonchev–Trinajstić information content (AvgIpc) is 2.46. The smallest absolute Gasteiger partial charge is 0.136 e. The molecule has 0 saturated carbocycles. The summed E-state index contributed by atoms with van der Waals surface area (Å²) in [6.45, 7) is 4.11. The van der Waals surface area contributed by atoms with E-state index in [1.54, 1.807) is 4.68 Å². The third kappa shape index (κ3) is 1.60. The van der Waals surface area contributed by atoms with Gasteiger partial charge in [0.2, 0.25) is 0 Å². The monoisotopic (exact) mass is 154 g/mol. The van der Waals surface area contributed by atoms with Gasteiger partial charge in [-0.05, 0) is 18.9 Å². The fourth-order valence-electron chi connectivity index (χ4n) is 1.09. The summed E-state index contributed by atoms with van der Waals surface area (Å²) in [6.07, 6.45) is 1.85. The van der Waals surface area contributed by atoms with Gasteiger partial charge in [-0.15, -0.1) is 0 Å². The van der Waals surface area contributed by atoms with Crippen molar-refractivity contribution in [3.63, 3.8) is 0 Å². The summed E-state index contributed by atoms with van der Waals surface area (Å²) in [5.41, 5.74) is 2.15. The predicted molar refractivity (Wildman–Crippen MR) is 43.2 cm³/mol. The summed E-state index contributed by atoms with van der Waals surface area (Å²) in [4.78, 5) is 0. The molecule has 0 aromatic carbocycles. The van der Waals surface area contributed by atoms with Crippen molar-refractivity contribution in [2.45, 2.75) is 33.4 Å². The molecule has 0 aliphatic heterocycles. The van der Waals surface area contributed by atoms with Crippen molar-refractivity contribution in [3.05, 3.63) is 17.5 Å². The summed E-state index contributed by atoms with van der Waals surface area (Å²) in [6, 6.07) is 2.04. The van der Waals surface area contributed by atoms with Crippen molar-refractivity contribution in [2.75, 3.05) is 0 Å². The van der Waals surface area contributed by atoms with Gasteiger partial charge in [-0.2, -0.15) is 5.10 Å². The second kappa shape index (κ2) is 3.53. The Kier molecular flexibility index (Phi) is 2.65. The van der Waals surface area contributed by atoms with Gasteiger partial charge < -0.3 is 5.11 Å². The molecule has 0 saturated heterocycles. The molecule has 0 radical (unpaired) electrons. The van der Waals surface area contributed by atoms with E-state index in [9.17, 15) is 0 Å². The highest BCUT2D eigenvalue weighted by Gasteiger charge is 2.02. The van der Waals surface area contributed by atoms with Gasteiger partial charge in [-0.3, -0.25) is 0 Å². The van der Waals surface area contributed by atoms with Crippen molar-refractivity contribution in [1.29, 1.82) is 0 Å². The molecule has 0 atom stereocenters. The lowest BCUT2D eigenvalue weighted by molar-refractivity contribution is 0.191. The third-order valence-electron chi connectivity index (χ3n) is 1.77. The Bertz CT molecular complexity index is 208. The minimum atomic E-state index is -0.0107. The van der Waals surface area contributed by atoms with Gasteiger partial charge in [0.15, 0.2) is 0 Å². The van der Waals surface area contributed by atoms with Crippen LogP contribution >= 0.6 is 0 Å². The first-order chi connectivity index (χ1) is 5.31. The molecule has 3 heteroatoms. The van der Waals surface area contributed by atoms with Crippen LogP contribution in [0.5, 0.6) is 0 Å². The molecule has 1 aromatic rings. The number of nitrogens with zero attached hydrogens (tertiary/aromatic N) is 2. The predicted octanol–water partition coefficient (Wildman–Crippen LogP) is 0.958. The minimum Gasteiger partial charge on any atom is -0.374 e. The number of aliphatic hydroxyl groups is 1. The second-order valence-electron chi connectivity index (χ2n) is 2.48. The molecule has 62 valence electrons. The SMILES string of the molecule is CCc1cc(CC)n(CO)n1. The molecular weight excluding hydrogens is 140 g/mol. The van der Waals surface area contributed by atoms with Crippen molar-refractivity contribution >= 4 is 0 Å². The lowest BCUT2D eigenvalue weighted by atomic mass is 10.3. The van der Waals surface area contributed by atoms with Crippen LogP contribution in [0.1, 0.15) is 25.2 Å². The molecule has 1 heterocycles. The number of aliphatic hydroxyl groups excluding tert-OH is 1. The van der Waals surface area contributed by atoms with E-state index in [2.05, 4.69) is 18.9 Å². The Morgan fingerprint density at radius 2 is 2.18 bits per heavy atom. The van der Waals surface area contributed by atoms with Crippen LogP contribution in [-0.2, 0) is 19.6 Å². The molecule has 0 aliphatic rings. The Hall–Kier alpha value is -0.830. The highest BCUT2D eigenvalue weighted by Crippen LogP contribution is 2.04. The van der Waals surface area contributed by atoms with Crippen molar-refractivity contribution in [2.24, 2.45) is 0 Å². The van der Waals surface area contributed by atoms with Gasteiger partial charge in [0.1, 0.15) is 6.73 Å². The first kappa shape index (κ1) is 8.27. The normalized spacial score (nSPS) is 10.5. The van der Waals surface area contributed by atoms with Crippen LogP contribution in [0.4, 0.5) is 0 Å². The van der Waals surface area contributed by atoms with E-state index in [-0.39, 0.29) is 6.73 Å². The molecule has 3 nitrogen and oxygen atoms in total. The summed E-state index contributed by atoms with van der Waals surface area (Å²) >= 11 is 0. The van der Waals surface area contributed by atoms with E-state index in [1.807, 2.05) is 6.07 Å². The maximum atomic E-state index is 8.86. The topological polar surface area (TPSA) is 38.0 Å². The average molecular weight is 154 g/mol. The molecular formula is C8H14N2O. The van der Waals surface area contributed by atoms with Crippen LogP contribution in [0.15, 0.2) is 6.07 Å². The number of aromatic nitrogens is 2. The van der Waals surface area contributed by atoms with E-state index in [4.69, 9.17) is 5.11 Å². The van der Waals surface area contributed by atoms with Gasteiger partial charge in [0, 0.05) is 5.69 Å². The quantitative estimate of drug-likeness (QED) is 0.704. The van der Waals surface area contributed by atoms with Crippen molar-refractivity contribution in [1.82, 2.24) is 9.78 Å². The Balaban J connectivity index is 2.92. The molecule has 11 heavy (non-hydrogen) atoms. The fourth-order valence-corrected chi connectivity index (χ4v) is 1.09. The second-order valence-corrected chi connectivity index (χ2v) is 2.48. The number of rotatable bonds is 3. The standard InChI is InChI=1S/C8H14N2O/c1-3-7-5-8(4-2)10(6-11)9-7/h5,11H,3-4,6H2,1-2H3. The largest absolute Gasteiger partial charge is 0.374 e. The summed E-state index contributed by atoms with van der Waals surface area (Å²) in [5, 5.41) is 13.0. The molecule has 1 N–H and O–H groups in total. The van der Waals surface area contributed by atoms with E-state index in [0.717, 1.165) is 24.2 Å². The van der Waals surface area contributed by atoms with E-state index in [1.165, 1.54) is 0 Å². The van der Waals surface area contributed by atoms with Gasteiger partial charge in [0.05, 0.1) is 5.69 Å². The van der Waals surface area contributed by atoms with E-state index in [0.29, 0.717) is 0 Å². The number of hydrogen-bond donors (Lipinski definition) is 1. The molecule has 1 aromatic heterocycles. The first-order valence-corrected chi connectivity index (χ1v) is 3.98. The Labute approximate surface area is 66.7 Å². The lowest BCUT2D eigenvalue weighted by Gasteiger charge is -1.98. The molecule has 1 rings (SSSR count). The molecule has 0 unspecified atom stereocenters. The molecule has 0 bridgehead atoms. The fraction of sp³-hybridized carbons (Fsp3) is 0.625. The Morgan fingerprint density at radius 1 is 1.45 bits per heavy atom. The van der Waals surface area contributed by atoms with Gasteiger partial charge in [-0.1, -0.05) is 13.8 Å². The van der Waals surface area contributed by atoms with Crippen LogP contribution in [0.3, 0.4) is 0 Å². The number of hydrogen-bond acceptors (Lipinski definition) is 2. The van der Waals surface area contributed by atoms with Gasteiger partial charge >= 0.3 is 0 Å². The minimum absolute atomic E-state index is 0.0107. The highest BCUT2D eigenvalue weighted by molar-refractivity contribution is 5.09. The zero-order chi connectivity index (χ0) is 8.27. The third-order valence-corrected chi connectivity index (χ3v) is 1.77.